The van der Waals surface area contributed by atoms with Gasteiger partial charge in [-0.2, -0.15) is 11.8 Å². The van der Waals surface area contributed by atoms with Gasteiger partial charge in [-0.3, -0.25) is 0 Å². The Hall–Kier alpha value is -1.01. The standard InChI is InChI=1S/C16H15Cl2FN2S2/c17-12-5-4-11(15(18)8-12)10-23-7-6-20-16(22)21-14-3-1-2-13(19)9-14/h1-5,8-9H,6-7,10H2,(H2,20,21,22). The number of benzene rings is 2. The summed E-state index contributed by atoms with van der Waals surface area (Å²) in [5.74, 6) is 1.37. The van der Waals surface area contributed by atoms with Crippen LogP contribution in [0.3, 0.4) is 0 Å². The maximum atomic E-state index is 13.1. The van der Waals surface area contributed by atoms with Gasteiger partial charge in [0.1, 0.15) is 5.82 Å². The number of nitrogens with one attached hydrogen (secondary N) is 2. The van der Waals surface area contributed by atoms with Crippen molar-refractivity contribution in [3.05, 3.63) is 63.9 Å². The van der Waals surface area contributed by atoms with Crippen LogP contribution in [-0.2, 0) is 5.75 Å². The third-order valence-electron chi connectivity index (χ3n) is 2.89. The Morgan fingerprint density at radius 1 is 1.17 bits per heavy atom. The molecule has 2 nitrogen and oxygen atoms in total. The van der Waals surface area contributed by atoms with Crippen LogP contribution in [0.15, 0.2) is 42.5 Å². The zero-order valence-electron chi connectivity index (χ0n) is 12.1. The molecule has 0 fully saturated rings. The molecule has 0 aliphatic carbocycles. The van der Waals surface area contributed by atoms with Gasteiger partial charge in [0.15, 0.2) is 5.11 Å². The second kappa shape index (κ2) is 9.33. The Bertz CT molecular complexity index is 683. The molecule has 0 saturated heterocycles. The van der Waals surface area contributed by atoms with E-state index in [9.17, 15) is 4.39 Å². The predicted molar refractivity (Wildman–Crippen MR) is 103 cm³/mol. The summed E-state index contributed by atoms with van der Waals surface area (Å²) >= 11 is 18.9. The van der Waals surface area contributed by atoms with Crippen molar-refractivity contribution in [2.24, 2.45) is 0 Å². The summed E-state index contributed by atoms with van der Waals surface area (Å²) in [4.78, 5) is 0. The molecule has 2 N–H and O–H groups in total. The summed E-state index contributed by atoms with van der Waals surface area (Å²) in [7, 11) is 0. The van der Waals surface area contributed by atoms with Crippen LogP contribution in [0.2, 0.25) is 10.0 Å². The molecule has 2 aromatic carbocycles. The highest BCUT2D eigenvalue weighted by atomic mass is 35.5. The quantitative estimate of drug-likeness (QED) is 0.514. The first kappa shape index (κ1) is 18.3. The summed E-state index contributed by atoms with van der Waals surface area (Å²) in [6.45, 7) is 0.705. The fourth-order valence-electron chi connectivity index (χ4n) is 1.80. The second-order valence-corrected chi connectivity index (χ2v) is 7.04. The van der Waals surface area contributed by atoms with Gasteiger partial charge in [-0.05, 0) is 48.1 Å². The Balaban J connectivity index is 1.66. The maximum absolute atomic E-state index is 13.1. The van der Waals surface area contributed by atoms with E-state index in [-0.39, 0.29) is 5.82 Å². The van der Waals surface area contributed by atoms with Crippen molar-refractivity contribution in [3.63, 3.8) is 0 Å². The maximum Gasteiger partial charge on any atom is 0.170 e. The second-order valence-electron chi connectivity index (χ2n) is 4.68. The van der Waals surface area contributed by atoms with Gasteiger partial charge in [-0.25, -0.2) is 4.39 Å². The van der Waals surface area contributed by atoms with Crippen LogP contribution in [0.25, 0.3) is 0 Å². The highest BCUT2D eigenvalue weighted by Crippen LogP contribution is 2.24. The molecule has 0 aliphatic rings. The van der Waals surface area contributed by atoms with Crippen molar-refractivity contribution in [1.82, 2.24) is 5.32 Å². The summed E-state index contributed by atoms with van der Waals surface area (Å²) in [5, 5.41) is 7.82. The van der Waals surface area contributed by atoms with E-state index < -0.39 is 0 Å². The van der Waals surface area contributed by atoms with E-state index >= 15 is 0 Å². The third kappa shape index (κ3) is 6.55. The fourth-order valence-corrected chi connectivity index (χ4v) is 3.44. The average molecular weight is 389 g/mol. The summed E-state index contributed by atoms with van der Waals surface area (Å²) < 4.78 is 13.1. The van der Waals surface area contributed by atoms with Gasteiger partial charge in [0.05, 0.1) is 0 Å². The number of hydrogen-bond acceptors (Lipinski definition) is 2. The van der Waals surface area contributed by atoms with Gasteiger partial charge < -0.3 is 10.6 Å². The van der Waals surface area contributed by atoms with Crippen LogP contribution in [-0.4, -0.2) is 17.4 Å². The number of halogens is 3. The number of rotatable bonds is 6. The lowest BCUT2D eigenvalue weighted by molar-refractivity contribution is 0.628. The fraction of sp³-hybridized carbons (Fsp3) is 0.188. The molecular formula is C16H15Cl2FN2S2. The van der Waals surface area contributed by atoms with E-state index in [1.807, 2.05) is 12.1 Å². The van der Waals surface area contributed by atoms with Gasteiger partial charge in [0, 0.05) is 33.8 Å². The Labute approximate surface area is 154 Å². The SMILES string of the molecule is Fc1cccc(NC(=S)NCCSCc2ccc(Cl)cc2Cl)c1. The molecule has 0 aromatic heterocycles. The van der Waals surface area contributed by atoms with E-state index in [2.05, 4.69) is 10.6 Å². The van der Waals surface area contributed by atoms with Crippen LogP contribution in [0.4, 0.5) is 10.1 Å². The molecule has 0 spiro atoms. The number of thioether (sulfide) groups is 1. The lowest BCUT2D eigenvalue weighted by Gasteiger charge is -2.10. The minimum Gasteiger partial charge on any atom is -0.362 e. The molecule has 122 valence electrons. The van der Waals surface area contributed by atoms with E-state index in [0.29, 0.717) is 27.4 Å². The van der Waals surface area contributed by atoms with Gasteiger partial charge in [0.25, 0.3) is 0 Å². The Morgan fingerprint density at radius 3 is 2.74 bits per heavy atom. The molecule has 7 heteroatoms. The van der Waals surface area contributed by atoms with Crippen LogP contribution in [0.5, 0.6) is 0 Å². The lowest BCUT2D eigenvalue weighted by atomic mass is 10.2. The topological polar surface area (TPSA) is 24.1 Å². The van der Waals surface area contributed by atoms with Crippen molar-refractivity contribution in [2.45, 2.75) is 5.75 Å². The van der Waals surface area contributed by atoms with Crippen molar-refractivity contribution in [3.8, 4) is 0 Å². The lowest BCUT2D eigenvalue weighted by Crippen LogP contribution is -2.30. The normalized spacial score (nSPS) is 10.4. The van der Waals surface area contributed by atoms with Crippen molar-refractivity contribution in [2.75, 3.05) is 17.6 Å². The molecule has 0 heterocycles. The Morgan fingerprint density at radius 2 is 2.00 bits per heavy atom. The molecule has 0 amide bonds. The summed E-state index contributed by atoms with van der Waals surface area (Å²) in [5.41, 5.74) is 1.68. The first-order valence-corrected chi connectivity index (χ1v) is 9.18. The van der Waals surface area contributed by atoms with Gasteiger partial charge in [-0.15, -0.1) is 0 Å². The highest BCUT2D eigenvalue weighted by Gasteiger charge is 2.02. The minimum atomic E-state index is -0.298. The first-order valence-electron chi connectivity index (χ1n) is 6.86. The number of anilines is 1. The first-order chi connectivity index (χ1) is 11.0. The predicted octanol–water partition coefficient (Wildman–Crippen LogP) is 5.35. The molecule has 0 bridgehead atoms. The molecule has 23 heavy (non-hydrogen) atoms. The van der Waals surface area contributed by atoms with E-state index in [1.165, 1.54) is 12.1 Å². The highest BCUT2D eigenvalue weighted by molar-refractivity contribution is 7.98. The number of hydrogen-bond donors (Lipinski definition) is 2. The van der Waals surface area contributed by atoms with Crippen LogP contribution in [0, 0.1) is 5.82 Å². The van der Waals surface area contributed by atoms with Gasteiger partial charge in [0.2, 0.25) is 0 Å². The minimum absolute atomic E-state index is 0.298. The van der Waals surface area contributed by atoms with Gasteiger partial charge >= 0.3 is 0 Å². The van der Waals surface area contributed by atoms with E-state index in [4.69, 9.17) is 35.4 Å². The smallest absolute Gasteiger partial charge is 0.170 e. The molecule has 0 radical (unpaired) electrons. The molecule has 0 unspecified atom stereocenters. The third-order valence-corrected chi connectivity index (χ3v) is 4.73. The summed E-state index contributed by atoms with van der Waals surface area (Å²) in [6.07, 6.45) is 0. The van der Waals surface area contributed by atoms with Crippen molar-refractivity contribution in [1.29, 1.82) is 0 Å². The average Bonchev–Trinajstić information content (AvgIpc) is 2.49. The zero-order chi connectivity index (χ0) is 16.7. The molecule has 0 aliphatic heterocycles. The van der Waals surface area contributed by atoms with Crippen LogP contribution >= 0.6 is 47.2 Å². The van der Waals surface area contributed by atoms with Crippen LogP contribution in [0.1, 0.15) is 5.56 Å². The molecule has 0 saturated carbocycles. The summed E-state index contributed by atoms with van der Waals surface area (Å²) in [6, 6.07) is 11.7. The largest absolute Gasteiger partial charge is 0.362 e. The molecular weight excluding hydrogens is 374 g/mol. The van der Waals surface area contributed by atoms with E-state index in [1.54, 1.807) is 30.0 Å². The monoisotopic (exact) mass is 388 g/mol. The van der Waals surface area contributed by atoms with Crippen molar-refractivity contribution >= 4 is 58.0 Å². The van der Waals surface area contributed by atoms with Crippen LogP contribution < -0.4 is 10.6 Å². The molecule has 0 atom stereocenters. The number of thiocarbonyl (C=S) groups is 1. The van der Waals surface area contributed by atoms with E-state index in [0.717, 1.165) is 17.1 Å². The molecule has 2 aromatic rings. The zero-order valence-corrected chi connectivity index (χ0v) is 15.3. The molecule has 2 rings (SSSR count). The Kier molecular flexibility index (Phi) is 7.43. The van der Waals surface area contributed by atoms with Crippen molar-refractivity contribution < 1.29 is 4.39 Å². The van der Waals surface area contributed by atoms with Gasteiger partial charge in [-0.1, -0.05) is 35.3 Å².